The molecule has 4 rings (SSSR count). The molecule has 2 aromatic heterocycles. The highest BCUT2D eigenvalue weighted by atomic mass is 16.5. The van der Waals surface area contributed by atoms with E-state index < -0.39 is 17.4 Å². The molecule has 2 amide bonds. The Morgan fingerprint density at radius 1 is 1.00 bits per heavy atom. The molecule has 3 heterocycles. The molecule has 1 aliphatic heterocycles. The van der Waals surface area contributed by atoms with Crippen LogP contribution in [0.15, 0.2) is 59.7 Å². The van der Waals surface area contributed by atoms with Gasteiger partial charge in [-0.25, -0.2) is 4.98 Å². The molecule has 0 radical (unpaired) electrons. The van der Waals surface area contributed by atoms with Crippen LogP contribution in [0.4, 0.5) is 11.4 Å². The number of fused-ring (bicyclic) bond motifs is 1. The fourth-order valence-electron chi connectivity index (χ4n) is 4.00. The van der Waals surface area contributed by atoms with Crippen LogP contribution < -0.4 is 15.8 Å². The molecule has 1 saturated heterocycles. The van der Waals surface area contributed by atoms with Crippen molar-refractivity contribution in [3.05, 3.63) is 70.8 Å². The van der Waals surface area contributed by atoms with Gasteiger partial charge in [0.05, 0.1) is 24.8 Å². The second-order valence-electron chi connectivity index (χ2n) is 8.06. The van der Waals surface area contributed by atoms with Crippen molar-refractivity contribution in [2.75, 3.05) is 43.0 Å². The molecular weight excluding hydrogens is 450 g/mol. The average molecular weight is 478 g/mol. The summed E-state index contributed by atoms with van der Waals surface area (Å²) in [6, 6.07) is 13.3. The standard InChI is InChI=1S/C25H27N5O5/c1-2-35-22(32)11-10-21(31)27-20-17-26-23-19(9-6-12-30(23)25(20)34)24(33)29-15-13-28(14-16-29)18-7-4-3-5-8-18/h3-9,12,17H,2,10-11,13-16H2,1H3,(H,27,31). The van der Waals surface area contributed by atoms with E-state index in [0.717, 1.165) is 5.69 Å². The first-order chi connectivity index (χ1) is 17.0. The number of anilines is 2. The van der Waals surface area contributed by atoms with Crippen LogP contribution in [-0.2, 0) is 14.3 Å². The van der Waals surface area contributed by atoms with Crippen LogP contribution in [0.25, 0.3) is 5.65 Å². The zero-order valence-corrected chi connectivity index (χ0v) is 19.5. The van der Waals surface area contributed by atoms with Crippen molar-refractivity contribution < 1.29 is 19.1 Å². The number of carbonyl (C=O) groups is 3. The van der Waals surface area contributed by atoms with E-state index in [2.05, 4.69) is 15.2 Å². The SMILES string of the molecule is CCOC(=O)CCC(=O)Nc1cnc2c(C(=O)N3CCN(c4ccccc4)CC3)cccn2c1=O. The number of aromatic nitrogens is 2. The average Bonchev–Trinajstić information content (AvgIpc) is 2.89. The number of hydrogen-bond acceptors (Lipinski definition) is 7. The molecule has 10 nitrogen and oxygen atoms in total. The Morgan fingerprint density at radius 3 is 2.46 bits per heavy atom. The van der Waals surface area contributed by atoms with Crippen molar-refractivity contribution in [2.45, 2.75) is 19.8 Å². The highest BCUT2D eigenvalue weighted by Gasteiger charge is 2.24. The maximum Gasteiger partial charge on any atom is 0.306 e. The zero-order valence-electron chi connectivity index (χ0n) is 19.5. The van der Waals surface area contributed by atoms with Crippen LogP contribution in [0.5, 0.6) is 0 Å². The number of piperazine rings is 1. The maximum atomic E-state index is 13.3. The van der Waals surface area contributed by atoms with Crippen LogP contribution >= 0.6 is 0 Å². The number of para-hydroxylation sites is 1. The monoisotopic (exact) mass is 477 g/mol. The first-order valence-corrected chi connectivity index (χ1v) is 11.5. The lowest BCUT2D eigenvalue weighted by atomic mass is 10.2. The van der Waals surface area contributed by atoms with Crippen molar-refractivity contribution in [3.63, 3.8) is 0 Å². The third-order valence-electron chi connectivity index (χ3n) is 5.79. The molecule has 35 heavy (non-hydrogen) atoms. The fourth-order valence-corrected chi connectivity index (χ4v) is 4.00. The fraction of sp³-hybridized carbons (Fsp3) is 0.320. The first kappa shape index (κ1) is 23.9. The molecule has 1 aromatic carbocycles. The highest BCUT2D eigenvalue weighted by Crippen LogP contribution is 2.18. The highest BCUT2D eigenvalue weighted by molar-refractivity contribution is 6.00. The van der Waals surface area contributed by atoms with E-state index in [9.17, 15) is 19.2 Å². The second-order valence-corrected chi connectivity index (χ2v) is 8.06. The number of nitrogens with one attached hydrogen (secondary N) is 1. The van der Waals surface area contributed by atoms with Gasteiger partial charge in [0.2, 0.25) is 5.91 Å². The Kier molecular flexibility index (Phi) is 7.39. The Hall–Kier alpha value is -4.21. The van der Waals surface area contributed by atoms with Gasteiger partial charge in [-0.15, -0.1) is 0 Å². The number of esters is 1. The lowest BCUT2D eigenvalue weighted by molar-refractivity contribution is -0.144. The van der Waals surface area contributed by atoms with E-state index in [1.54, 1.807) is 24.0 Å². The van der Waals surface area contributed by atoms with Crippen LogP contribution in [0.1, 0.15) is 30.1 Å². The largest absolute Gasteiger partial charge is 0.466 e. The van der Waals surface area contributed by atoms with E-state index in [1.807, 2.05) is 30.3 Å². The summed E-state index contributed by atoms with van der Waals surface area (Å²) >= 11 is 0. The molecule has 182 valence electrons. The van der Waals surface area contributed by atoms with E-state index in [-0.39, 0.29) is 36.7 Å². The van der Waals surface area contributed by atoms with Gasteiger partial charge >= 0.3 is 5.97 Å². The normalized spacial score (nSPS) is 13.5. The van der Waals surface area contributed by atoms with Crippen molar-refractivity contribution in [2.24, 2.45) is 0 Å². The van der Waals surface area contributed by atoms with Crippen LogP contribution in [-0.4, -0.2) is 64.9 Å². The number of rotatable bonds is 7. The minimum Gasteiger partial charge on any atom is -0.466 e. The molecule has 0 aliphatic carbocycles. The van der Waals surface area contributed by atoms with Gasteiger partial charge in [-0.2, -0.15) is 0 Å². The van der Waals surface area contributed by atoms with E-state index in [0.29, 0.717) is 31.7 Å². The zero-order chi connectivity index (χ0) is 24.8. The van der Waals surface area contributed by atoms with Crippen molar-refractivity contribution in [1.82, 2.24) is 14.3 Å². The topological polar surface area (TPSA) is 113 Å². The number of amides is 2. The summed E-state index contributed by atoms with van der Waals surface area (Å²) in [6.45, 7) is 4.43. The second kappa shape index (κ2) is 10.8. The van der Waals surface area contributed by atoms with Crippen molar-refractivity contribution in [3.8, 4) is 0 Å². The Morgan fingerprint density at radius 2 is 1.74 bits per heavy atom. The molecular formula is C25H27N5O5. The van der Waals surface area contributed by atoms with Crippen molar-refractivity contribution in [1.29, 1.82) is 0 Å². The quantitative estimate of drug-likeness (QED) is 0.518. The van der Waals surface area contributed by atoms with Gasteiger partial charge in [0, 0.05) is 44.5 Å². The number of ether oxygens (including phenoxy) is 1. The molecule has 1 fully saturated rings. The molecule has 10 heteroatoms. The van der Waals surface area contributed by atoms with Crippen LogP contribution in [0.3, 0.4) is 0 Å². The van der Waals surface area contributed by atoms with Crippen LogP contribution in [0.2, 0.25) is 0 Å². The molecule has 0 spiro atoms. The number of hydrogen-bond donors (Lipinski definition) is 1. The van der Waals surface area contributed by atoms with E-state index in [1.165, 1.54) is 16.8 Å². The van der Waals surface area contributed by atoms with E-state index in [4.69, 9.17) is 4.74 Å². The summed E-state index contributed by atoms with van der Waals surface area (Å²) in [5.74, 6) is -1.18. The summed E-state index contributed by atoms with van der Waals surface area (Å²) in [5, 5.41) is 2.49. The Balaban J connectivity index is 1.46. The maximum absolute atomic E-state index is 13.3. The van der Waals surface area contributed by atoms with Gasteiger partial charge in [0.1, 0.15) is 5.69 Å². The van der Waals surface area contributed by atoms with Crippen molar-refractivity contribution >= 4 is 34.8 Å². The minimum absolute atomic E-state index is 0.0302. The minimum atomic E-state index is -0.511. The summed E-state index contributed by atoms with van der Waals surface area (Å²) in [4.78, 5) is 58.1. The van der Waals surface area contributed by atoms with Gasteiger partial charge in [0.15, 0.2) is 5.65 Å². The first-order valence-electron chi connectivity index (χ1n) is 11.5. The Labute approximate surface area is 202 Å². The molecule has 0 unspecified atom stereocenters. The van der Waals surface area contributed by atoms with Crippen LogP contribution in [0, 0.1) is 0 Å². The summed E-state index contributed by atoms with van der Waals surface area (Å²) in [7, 11) is 0. The molecule has 0 atom stereocenters. The number of nitrogens with zero attached hydrogens (tertiary/aromatic N) is 4. The van der Waals surface area contributed by atoms with Gasteiger partial charge in [0.25, 0.3) is 11.5 Å². The van der Waals surface area contributed by atoms with Gasteiger partial charge in [-0.05, 0) is 31.2 Å². The number of benzene rings is 1. The van der Waals surface area contributed by atoms with Gasteiger partial charge in [-0.1, -0.05) is 18.2 Å². The Bertz CT molecular complexity index is 1280. The molecule has 3 aromatic rings. The summed E-state index contributed by atoms with van der Waals surface area (Å²) in [6.07, 6.45) is 2.54. The molecule has 1 aliphatic rings. The summed E-state index contributed by atoms with van der Waals surface area (Å²) in [5.41, 5.74) is 1.12. The number of carbonyl (C=O) groups excluding carboxylic acids is 3. The smallest absolute Gasteiger partial charge is 0.306 e. The predicted octanol–water partition coefficient (Wildman–Crippen LogP) is 1.94. The molecule has 0 saturated carbocycles. The summed E-state index contributed by atoms with van der Waals surface area (Å²) < 4.78 is 6.05. The third-order valence-corrected chi connectivity index (χ3v) is 5.79. The lowest BCUT2D eigenvalue weighted by Crippen LogP contribution is -2.49. The molecule has 0 bridgehead atoms. The third kappa shape index (κ3) is 5.48. The van der Waals surface area contributed by atoms with Gasteiger partial charge < -0.3 is 19.9 Å². The predicted molar refractivity (Wildman–Crippen MR) is 131 cm³/mol. The lowest BCUT2D eigenvalue weighted by Gasteiger charge is -2.36. The number of pyridine rings is 1. The van der Waals surface area contributed by atoms with Gasteiger partial charge in [-0.3, -0.25) is 23.6 Å². The molecule has 1 N–H and O–H groups in total. The van der Waals surface area contributed by atoms with E-state index >= 15 is 0 Å².